The number of rotatable bonds is 4. The molecule has 0 spiro atoms. The molecule has 1 saturated carbocycles. The summed E-state index contributed by atoms with van der Waals surface area (Å²) in [5, 5.41) is 3.55. The number of carbonyl (C=O) groups is 1. The number of amides is 1. The van der Waals surface area contributed by atoms with E-state index in [1.807, 2.05) is 0 Å². The molecule has 5 nitrogen and oxygen atoms in total. The van der Waals surface area contributed by atoms with Crippen LogP contribution in [0, 0.1) is 17.8 Å². The Morgan fingerprint density at radius 3 is 2.72 bits per heavy atom. The molecule has 25 heavy (non-hydrogen) atoms. The van der Waals surface area contributed by atoms with Crippen LogP contribution < -0.4 is 10.2 Å². The Labute approximate surface area is 155 Å². The van der Waals surface area contributed by atoms with Crippen molar-refractivity contribution in [2.45, 2.75) is 58.9 Å². The highest BCUT2D eigenvalue weighted by Gasteiger charge is 2.32. The smallest absolute Gasteiger partial charge is 0.271 e. The normalized spacial score (nSPS) is 26.9. The van der Waals surface area contributed by atoms with E-state index in [-0.39, 0.29) is 11.9 Å². The molecule has 1 aliphatic heterocycles. The minimum atomic E-state index is -0.169. The highest BCUT2D eigenvalue weighted by atomic mass is 35.5. The van der Waals surface area contributed by atoms with Crippen LogP contribution in [0.25, 0.3) is 0 Å². The zero-order valence-electron chi connectivity index (χ0n) is 15.5. The largest absolute Gasteiger partial charge is 0.348 e. The van der Waals surface area contributed by atoms with E-state index in [0.717, 1.165) is 32.4 Å². The van der Waals surface area contributed by atoms with Gasteiger partial charge in [0.05, 0.1) is 11.2 Å². The van der Waals surface area contributed by atoms with Gasteiger partial charge in [-0.25, -0.2) is 9.97 Å². The minimum Gasteiger partial charge on any atom is -0.348 e. The van der Waals surface area contributed by atoms with Crippen LogP contribution in [0.4, 0.5) is 5.95 Å². The summed E-state index contributed by atoms with van der Waals surface area (Å²) in [6.07, 6.45) is 7.27. The van der Waals surface area contributed by atoms with E-state index >= 15 is 0 Å². The highest BCUT2D eigenvalue weighted by molar-refractivity contribution is 6.33. The fourth-order valence-corrected chi connectivity index (χ4v) is 4.37. The molecule has 1 aliphatic carbocycles. The number of halogens is 1. The summed E-state index contributed by atoms with van der Waals surface area (Å²) < 4.78 is 0. The summed E-state index contributed by atoms with van der Waals surface area (Å²) in [5.74, 6) is 2.15. The number of hydrogen-bond acceptors (Lipinski definition) is 4. The molecule has 1 saturated heterocycles. The lowest BCUT2D eigenvalue weighted by atomic mass is 9.74. The Morgan fingerprint density at radius 1 is 1.32 bits per heavy atom. The molecule has 3 unspecified atom stereocenters. The van der Waals surface area contributed by atoms with Gasteiger partial charge in [-0.3, -0.25) is 4.79 Å². The van der Waals surface area contributed by atoms with Gasteiger partial charge in [0.2, 0.25) is 5.95 Å². The minimum absolute atomic E-state index is 0.169. The van der Waals surface area contributed by atoms with E-state index in [1.165, 1.54) is 12.8 Å². The molecule has 3 rings (SSSR count). The van der Waals surface area contributed by atoms with Crippen molar-refractivity contribution in [2.24, 2.45) is 17.8 Å². The molecule has 2 aliphatic rings. The fraction of sp³-hybridized carbons (Fsp3) is 0.737. The lowest BCUT2D eigenvalue weighted by Crippen LogP contribution is -2.46. The van der Waals surface area contributed by atoms with Crippen molar-refractivity contribution in [1.29, 1.82) is 0 Å². The summed E-state index contributed by atoms with van der Waals surface area (Å²) in [6, 6.07) is 0.192. The third-order valence-corrected chi connectivity index (χ3v) is 5.95. The predicted octanol–water partition coefficient (Wildman–Crippen LogP) is 3.92. The average molecular weight is 365 g/mol. The van der Waals surface area contributed by atoms with Crippen molar-refractivity contribution in [3.8, 4) is 0 Å². The van der Waals surface area contributed by atoms with E-state index < -0.39 is 0 Å². The summed E-state index contributed by atoms with van der Waals surface area (Å²) in [7, 11) is 0. The number of aromatic nitrogens is 2. The monoisotopic (exact) mass is 364 g/mol. The van der Waals surface area contributed by atoms with Crippen LogP contribution in [0.1, 0.15) is 63.4 Å². The second-order valence-electron chi connectivity index (χ2n) is 7.97. The quantitative estimate of drug-likeness (QED) is 0.879. The highest BCUT2D eigenvalue weighted by Crippen LogP contribution is 2.33. The molecule has 0 radical (unpaired) electrons. The van der Waals surface area contributed by atoms with E-state index in [4.69, 9.17) is 11.6 Å². The van der Waals surface area contributed by atoms with Crippen molar-refractivity contribution < 1.29 is 4.79 Å². The predicted molar refractivity (Wildman–Crippen MR) is 101 cm³/mol. The lowest BCUT2D eigenvalue weighted by molar-refractivity contribution is 0.0863. The number of carbonyl (C=O) groups excluding carboxylic acids is 1. The molecule has 1 aromatic rings. The first-order valence-electron chi connectivity index (χ1n) is 9.54. The van der Waals surface area contributed by atoms with Crippen LogP contribution in [0.15, 0.2) is 6.20 Å². The lowest BCUT2D eigenvalue weighted by Gasteiger charge is -2.37. The van der Waals surface area contributed by atoms with Gasteiger partial charge in [0, 0.05) is 19.1 Å². The van der Waals surface area contributed by atoms with Crippen LogP contribution in [-0.2, 0) is 0 Å². The molecule has 1 amide bonds. The van der Waals surface area contributed by atoms with Crippen LogP contribution >= 0.6 is 11.6 Å². The Balaban J connectivity index is 1.76. The Morgan fingerprint density at radius 2 is 2.04 bits per heavy atom. The summed E-state index contributed by atoms with van der Waals surface area (Å²) in [4.78, 5) is 23.8. The average Bonchev–Trinajstić information content (AvgIpc) is 3.09. The van der Waals surface area contributed by atoms with Crippen LogP contribution in [0.3, 0.4) is 0 Å². The first-order valence-corrected chi connectivity index (χ1v) is 9.92. The first-order chi connectivity index (χ1) is 12.0. The fourth-order valence-electron chi connectivity index (χ4n) is 4.19. The molecule has 6 heteroatoms. The van der Waals surface area contributed by atoms with Gasteiger partial charge in [-0.1, -0.05) is 38.8 Å². The van der Waals surface area contributed by atoms with E-state index in [2.05, 4.69) is 41.0 Å². The van der Waals surface area contributed by atoms with Crippen molar-refractivity contribution in [1.82, 2.24) is 15.3 Å². The molecule has 1 N–H and O–H groups in total. The molecule has 2 fully saturated rings. The second kappa shape index (κ2) is 7.90. The van der Waals surface area contributed by atoms with Gasteiger partial charge in [-0.2, -0.15) is 0 Å². The molecular formula is C19H29ClN4O. The topological polar surface area (TPSA) is 58.1 Å². The number of nitrogens with one attached hydrogen (secondary N) is 1. The second-order valence-corrected chi connectivity index (χ2v) is 8.37. The third kappa shape index (κ3) is 4.25. The maximum absolute atomic E-state index is 12.9. The molecular weight excluding hydrogens is 336 g/mol. The molecule has 3 atom stereocenters. The van der Waals surface area contributed by atoms with Crippen LogP contribution in [0.2, 0.25) is 5.02 Å². The molecule has 0 aromatic carbocycles. The van der Waals surface area contributed by atoms with Gasteiger partial charge in [0.15, 0.2) is 5.69 Å². The molecule has 2 heterocycles. The van der Waals surface area contributed by atoms with Gasteiger partial charge < -0.3 is 10.2 Å². The Hall–Kier alpha value is -1.36. The van der Waals surface area contributed by atoms with Crippen molar-refractivity contribution in [2.75, 3.05) is 18.0 Å². The summed E-state index contributed by atoms with van der Waals surface area (Å²) >= 11 is 6.24. The van der Waals surface area contributed by atoms with Crippen molar-refractivity contribution >= 4 is 23.5 Å². The molecule has 1 aromatic heterocycles. The van der Waals surface area contributed by atoms with Gasteiger partial charge in [-0.15, -0.1) is 0 Å². The van der Waals surface area contributed by atoms with E-state index in [0.29, 0.717) is 34.4 Å². The van der Waals surface area contributed by atoms with Gasteiger partial charge in [-0.05, 0) is 43.4 Å². The van der Waals surface area contributed by atoms with Crippen LogP contribution in [-0.4, -0.2) is 35.0 Å². The Kier molecular flexibility index (Phi) is 5.82. The summed E-state index contributed by atoms with van der Waals surface area (Å²) in [6.45, 7) is 8.63. The maximum Gasteiger partial charge on any atom is 0.271 e. The van der Waals surface area contributed by atoms with Gasteiger partial charge in [0.1, 0.15) is 0 Å². The Bertz CT molecular complexity index is 615. The first kappa shape index (κ1) is 18.4. The molecule has 138 valence electrons. The molecule has 0 bridgehead atoms. The number of hydrogen-bond donors (Lipinski definition) is 1. The third-order valence-electron chi connectivity index (χ3n) is 5.67. The van der Waals surface area contributed by atoms with Gasteiger partial charge >= 0.3 is 0 Å². The number of anilines is 1. The van der Waals surface area contributed by atoms with Crippen LogP contribution in [0.5, 0.6) is 0 Å². The van der Waals surface area contributed by atoms with E-state index in [9.17, 15) is 4.79 Å². The standard InChI is InChI=1S/C19H29ClN4O/c1-12(2)14-7-6-13(3)10-16(14)22-18(25)17-15(20)11-21-19(23-17)24-8-4-5-9-24/h11-14,16H,4-10H2,1-3H3,(H,22,25). The van der Waals surface area contributed by atoms with Gasteiger partial charge in [0.25, 0.3) is 5.91 Å². The zero-order chi connectivity index (χ0) is 18.0. The van der Waals surface area contributed by atoms with Crippen molar-refractivity contribution in [3.63, 3.8) is 0 Å². The zero-order valence-corrected chi connectivity index (χ0v) is 16.2. The maximum atomic E-state index is 12.9. The van der Waals surface area contributed by atoms with E-state index in [1.54, 1.807) is 6.20 Å². The number of nitrogens with zero attached hydrogens (tertiary/aromatic N) is 3. The SMILES string of the molecule is CC1CCC(C(C)C)C(NC(=O)c2nc(N3CCCC3)ncc2Cl)C1. The summed E-state index contributed by atoms with van der Waals surface area (Å²) in [5.41, 5.74) is 0.305. The van der Waals surface area contributed by atoms with Crippen molar-refractivity contribution in [3.05, 3.63) is 16.9 Å².